The average molecular weight is 439 g/mol. The molecule has 5 rings (SSSR count). The normalized spacial score (nSPS) is 11.3. The molecule has 0 aliphatic rings. The van der Waals surface area contributed by atoms with E-state index in [9.17, 15) is 5.11 Å². The predicted octanol–water partition coefficient (Wildman–Crippen LogP) is 5.29. The van der Waals surface area contributed by atoms with Gasteiger partial charge in [-0.3, -0.25) is 0 Å². The van der Waals surface area contributed by atoms with Crippen LogP contribution in [0.2, 0.25) is 0 Å². The number of hydrogen-bond donors (Lipinski definition) is 2. The number of benzene rings is 3. The Hall–Kier alpha value is -4.00. The van der Waals surface area contributed by atoms with Gasteiger partial charge < -0.3 is 9.67 Å². The van der Waals surface area contributed by atoms with E-state index in [1.165, 1.54) is 0 Å². The first-order valence-electron chi connectivity index (χ1n) is 11.3. The predicted molar refractivity (Wildman–Crippen MR) is 129 cm³/mol. The molecule has 2 heterocycles. The third kappa shape index (κ3) is 3.98. The number of hydrogen-bond acceptors (Lipinski definition) is 5. The largest absolute Gasteiger partial charge is 0.506 e. The lowest BCUT2D eigenvalue weighted by atomic mass is 9.98. The second kappa shape index (κ2) is 8.86. The molecule has 0 bridgehead atoms. The SMILES string of the molecule is CCCCc1nc2c(C)ccc(O)c2n1Cc1ccc(-c2ccccc2-c2nnn[nH]2)cc1. The third-order valence-corrected chi connectivity index (χ3v) is 6.04. The van der Waals surface area contributed by atoms with Crippen LogP contribution in [-0.4, -0.2) is 35.3 Å². The molecular weight excluding hydrogens is 412 g/mol. The van der Waals surface area contributed by atoms with Crippen molar-refractivity contribution in [2.24, 2.45) is 0 Å². The van der Waals surface area contributed by atoms with Crippen molar-refractivity contribution >= 4 is 11.0 Å². The number of nitrogens with one attached hydrogen (secondary N) is 1. The van der Waals surface area contributed by atoms with Crippen molar-refractivity contribution < 1.29 is 5.11 Å². The van der Waals surface area contributed by atoms with E-state index in [0.717, 1.165) is 63.9 Å². The molecule has 7 nitrogen and oxygen atoms in total. The number of H-pyrrole nitrogens is 1. The van der Waals surface area contributed by atoms with Gasteiger partial charge in [-0.2, -0.15) is 0 Å². The van der Waals surface area contributed by atoms with Crippen molar-refractivity contribution in [3.63, 3.8) is 0 Å². The van der Waals surface area contributed by atoms with Crippen LogP contribution in [0.4, 0.5) is 0 Å². The highest BCUT2D eigenvalue weighted by Gasteiger charge is 2.16. The van der Waals surface area contributed by atoms with E-state index < -0.39 is 0 Å². The first kappa shape index (κ1) is 20.9. The van der Waals surface area contributed by atoms with Gasteiger partial charge in [0.2, 0.25) is 0 Å². The molecule has 3 aromatic carbocycles. The van der Waals surface area contributed by atoms with Gasteiger partial charge in [-0.05, 0) is 52.1 Å². The first-order chi connectivity index (χ1) is 16.2. The molecule has 33 heavy (non-hydrogen) atoms. The minimum Gasteiger partial charge on any atom is -0.506 e. The fourth-order valence-corrected chi connectivity index (χ4v) is 4.28. The quantitative estimate of drug-likeness (QED) is 0.360. The fourth-order valence-electron chi connectivity index (χ4n) is 4.28. The number of nitrogens with zero attached hydrogens (tertiary/aromatic N) is 5. The molecule has 2 N–H and O–H groups in total. The number of imidazole rings is 1. The van der Waals surface area contributed by atoms with Crippen molar-refractivity contribution in [3.05, 3.63) is 77.6 Å². The molecule has 0 amide bonds. The third-order valence-electron chi connectivity index (χ3n) is 6.04. The summed E-state index contributed by atoms with van der Waals surface area (Å²) in [6.45, 7) is 4.88. The van der Waals surface area contributed by atoms with Gasteiger partial charge in [-0.15, -0.1) is 5.10 Å². The highest BCUT2D eigenvalue weighted by atomic mass is 16.3. The monoisotopic (exact) mass is 438 g/mol. The molecule has 0 fully saturated rings. The topological polar surface area (TPSA) is 92.5 Å². The molecule has 0 saturated carbocycles. The Balaban J connectivity index is 1.51. The number of phenolic OH excluding ortho intramolecular Hbond substituents is 1. The maximum atomic E-state index is 10.6. The Morgan fingerprint density at radius 3 is 2.48 bits per heavy atom. The molecule has 7 heteroatoms. The van der Waals surface area contributed by atoms with E-state index in [1.54, 1.807) is 6.07 Å². The summed E-state index contributed by atoms with van der Waals surface area (Å²) in [6, 6.07) is 20.3. The fraction of sp³-hybridized carbons (Fsp3) is 0.231. The lowest BCUT2D eigenvalue weighted by molar-refractivity contribution is 0.477. The number of aromatic amines is 1. The smallest absolute Gasteiger partial charge is 0.180 e. The molecule has 0 spiro atoms. The average Bonchev–Trinajstić information content (AvgIpc) is 3.50. The molecule has 0 unspecified atom stereocenters. The van der Waals surface area contributed by atoms with Crippen molar-refractivity contribution in [2.45, 2.75) is 39.7 Å². The number of aryl methyl sites for hydroxylation is 2. The van der Waals surface area contributed by atoms with Crippen LogP contribution < -0.4 is 0 Å². The minimum absolute atomic E-state index is 0.275. The summed E-state index contributed by atoms with van der Waals surface area (Å²) in [5, 5.41) is 25.0. The summed E-state index contributed by atoms with van der Waals surface area (Å²) in [6.07, 6.45) is 3.05. The number of tetrazole rings is 1. The number of aromatic hydroxyl groups is 1. The van der Waals surface area contributed by atoms with Gasteiger partial charge in [0, 0.05) is 18.5 Å². The maximum absolute atomic E-state index is 10.6. The van der Waals surface area contributed by atoms with Gasteiger partial charge in [0.1, 0.15) is 17.1 Å². The summed E-state index contributed by atoms with van der Waals surface area (Å²) in [5.74, 6) is 1.94. The summed E-state index contributed by atoms with van der Waals surface area (Å²) < 4.78 is 2.16. The highest BCUT2D eigenvalue weighted by molar-refractivity contribution is 5.85. The van der Waals surface area contributed by atoms with Crippen LogP contribution in [0, 0.1) is 6.92 Å². The van der Waals surface area contributed by atoms with Crippen molar-refractivity contribution in [1.29, 1.82) is 0 Å². The zero-order chi connectivity index (χ0) is 22.8. The molecule has 0 aliphatic carbocycles. The lowest BCUT2D eigenvalue weighted by Crippen LogP contribution is -2.05. The molecule has 5 aromatic rings. The summed E-state index contributed by atoms with van der Waals surface area (Å²) in [4.78, 5) is 4.89. The molecule has 0 radical (unpaired) electrons. The van der Waals surface area contributed by atoms with Crippen LogP contribution >= 0.6 is 0 Å². The van der Waals surface area contributed by atoms with Gasteiger partial charge in [-0.25, -0.2) is 10.1 Å². The van der Waals surface area contributed by atoms with Crippen LogP contribution in [0.1, 0.15) is 36.7 Å². The van der Waals surface area contributed by atoms with E-state index in [2.05, 4.69) is 62.4 Å². The Morgan fingerprint density at radius 2 is 1.76 bits per heavy atom. The standard InChI is InChI=1S/C26H26N6O/c1-3-4-9-23-27-24-17(2)10-15-22(33)25(24)32(23)16-18-11-13-19(14-12-18)20-7-5-6-8-21(20)26-28-30-31-29-26/h5-8,10-15,33H,3-4,9,16H2,1-2H3,(H,28,29,30,31). The zero-order valence-corrected chi connectivity index (χ0v) is 18.8. The van der Waals surface area contributed by atoms with E-state index in [1.807, 2.05) is 31.2 Å². The number of rotatable bonds is 7. The Labute approximate surface area is 192 Å². The Bertz CT molecular complexity index is 1390. The minimum atomic E-state index is 0.275. The number of aromatic nitrogens is 6. The van der Waals surface area contributed by atoms with Crippen LogP contribution in [-0.2, 0) is 13.0 Å². The van der Waals surface area contributed by atoms with Gasteiger partial charge in [0.05, 0.1) is 5.52 Å². The zero-order valence-electron chi connectivity index (χ0n) is 18.8. The number of unbranched alkanes of at least 4 members (excludes halogenated alkanes) is 1. The summed E-state index contributed by atoms with van der Waals surface area (Å²) >= 11 is 0. The molecule has 166 valence electrons. The molecule has 0 aliphatic heterocycles. The molecular formula is C26H26N6O. The van der Waals surface area contributed by atoms with Gasteiger partial charge in [0.15, 0.2) is 5.82 Å². The van der Waals surface area contributed by atoms with Crippen molar-refractivity contribution in [3.8, 4) is 28.3 Å². The van der Waals surface area contributed by atoms with Crippen LogP contribution in [0.5, 0.6) is 5.75 Å². The van der Waals surface area contributed by atoms with E-state index >= 15 is 0 Å². The van der Waals surface area contributed by atoms with Crippen LogP contribution in [0.15, 0.2) is 60.7 Å². The molecule has 0 saturated heterocycles. The Morgan fingerprint density at radius 1 is 0.970 bits per heavy atom. The van der Waals surface area contributed by atoms with Crippen molar-refractivity contribution in [2.75, 3.05) is 0 Å². The summed E-state index contributed by atoms with van der Waals surface area (Å²) in [7, 11) is 0. The first-order valence-corrected chi connectivity index (χ1v) is 11.3. The van der Waals surface area contributed by atoms with E-state index in [-0.39, 0.29) is 5.75 Å². The van der Waals surface area contributed by atoms with Gasteiger partial charge in [-0.1, -0.05) is 67.9 Å². The maximum Gasteiger partial charge on any atom is 0.180 e. The van der Waals surface area contributed by atoms with E-state index in [0.29, 0.717) is 12.4 Å². The highest BCUT2D eigenvalue weighted by Crippen LogP contribution is 2.32. The van der Waals surface area contributed by atoms with Gasteiger partial charge in [0.25, 0.3) is 0 Å². The van der Waals surface area contributed by atoms with E-state index in [4.69, 9.17) is 4.98 Å². The summed E-state index contributed by atoms with van der Waals surface area (Å²) in [5.41, 5.74) is 7.03. The molecule has 0 atom stereocenters. The number of fused-ring (bicyclic) bond motifs is 1. The Kier molecular flexibility index (Phi) is 5.60. The van der Waals surface area contributed by atoms with Crippen molar-refractivity contribution in [1.82, 2.24) is 30.2 Å². The lowest BCUT2D eigenvalue weighted by Gasteiger charge is -2.12. The van der Waals surface area contributed by atoms with Crippen LogP contribution in [0.3, 0.4) is 0 Å². The van der Waals surface area contributed by atoms with Crippen LogP contribution in [0.25, 0.3) is 33.5 Å². The second-order valence-electron chi connectivity index (χ2n) is 8.31. The second-order valence-corrected chi connectivity index (χ2v) is 8.31. The van der Waals surface area contributed by atoms with Gasteiger partial charge >= 0.3 is 0 Å². The molecule has 2 aromatic heterocycles. The number of phenols is 1.